The van der Waals surface area contributed by atoms with E-state index < -0.39 is 18.1 Å². The van der Waals surface area contributed by atoms with Crippen molar-refractivity contribution in [3.05, 3.63) is 36.5 Å². The molecule has 0 aliphatic rings. The molecular formula is C57H105NO7. The van der Waals surface area contributed by atoms with Crippen molar-refractivity contribution in [1.29, 1.82) is 0 Å². The van der Waals surface area contributed by atoms with E-state index in [0.29, 0.717) is 12.8 Å². The van der Waals surface area contributed by atoms with Gasteiger partial charge in [0.25, 0.3) is 0 Å². The maximum absolute atomic E-state index is 12.8. The molecule has 2 atom stereocenters. The highest BCUT2D eigenvalue weighted by Gasteiger charge is 2.25. The Morgan fingerprint density at radius 2 is 0.815 bits per heavy atom. The minimum Gasteiger partial charge on any atom is -0.544 e. The van der Waals surface area contributed by atoms with Gasteiger partial charge in [0.15, 0.2) is 6.10 Å². The van der Waals surface area contributed by atoms with Crippen LogP contribution >= 0.6 is 0 Å². The number of hydrogen-bond acceptors (Lipinski definition) is 7. The second-order valence-corrected chi connectivity index (χ2v) is 19.8. The number of hydrogen-bond donors (Lipinski definition) is 0. The summed E-state index contributed by atoms with van der Waals surface area (Å²) in [7, 11) is 5.43. The Morgan fingerprint density at radius 3 is 1.23 bits per heavy atom. The lowest BCUT2D eigenvalue weighted by molar-refractivity contribution is -0.889. The lowest BCUT2D eigenvalue weighted by atomic mass is 10.0. The Morgan fingerprint density at radius 1 is 0.462 bits per heavy atom. The van der Waals surface area contributed by atoms with E-state index in [1.54, 1.807) is 0 Å². The van der Waals surface area contributed by atoms with E-state index in [0.717, 1.165) is 51.4 Å². The number of allylic oxidation sites excluding steroid dienone is 6. The summed E-state index contributed by atoms with van der Waals surface area (Å²) in [6.07, 6.45) is 57.4. The van der Waals surface area contributed by atoms with E-state index in [1.165, 1.54) is 173 Å². The molecule has 0 bridgehead atoms. The Kier molecular flexibility index (Phi) is 46.2. The molecule has 0 amide bonds. The molecule has 0 radical (unpaired) electrons. The predicted octanol–water partition coefficient (Wildman–Crippen LogP) is 14.8. The second-order valence-electron chi connectivity index (χ2n) is 19.8. The third kappa shape index (κ3) is 46.4. The van der Waals surface area contributed by atoms with Gasteiger partial charge < -0.3 is 28.6 Å². The summed E-state index contributed by atoms with van der Waals surface area (Å²) in [5, 5.41) is 11.7. The van der Waals surface area contributed by atoms with Gasteiger partial charge in [-0.05, 0) is 51.4 Å². The van der Waals surface area contributed by atoms with E-state index in [2.05, 4.69) is 50.3 Å². The summed E-state index contributed by atoms with van der Waals surface area (Å²) in [4.78, 5) is 37.1. The van der Waals surface area contributed by atoms with Crippen molar-refractivity contribution in [2.75, 3.05) is 41.0 Å². The molecule has 0 aliphatic heterocycles. The number of carboxylic acid groups (broad SMARTS) is 1. The maximum Gasteiger partial charge on any atom is 0.306 e. The van der Waals surface area contributed by atoms with Crippen LogP contribution in [-0.4, -0.2) is 75.5 Å². The lowest BCUT2D eigenvalue weighted by Crippen LogP contribution is -2.55. The number of carboxylic acids is 1. The Labute approximate surface area is 402 Å². The van der Waals surface area contributed by atoms with Crippen molar-refractivity contribution in [3.8, 4) is 0 Å². The average Bonchev–Trinajstić information content (AvgIpc) is 3.27. The normalized spacial score (nSPS) is 13.1. The molecule has 8 nitrogen and oxygen atoms in total. The fourth-order valence-electron chi connectivity index (χ4n) is 8.26. The van der Waals surface area contributed by atoms with Crippen molar-refractivity contribution >= 4 is 17.9 Å². The highest BCUT2D eigenvalue weighted by atomic mass is 16.6. The molecule has 0 aromatic rings. The first-order valence-electron chi connectivity index (χ1n) is 27.5. The number of nitrogens with zero attached hydrogens (tertiary/aromatic N) is 1. The van der Waals surface area contributed by atoms with Gasteiger partial charge in [0.2, 0.25) is 0 Å². The molecule has 0 saturated carbocycles. The number of unbranched alkanes of at least 4 members (excludes halogenated alkanes) is 30. The summed E-state index contributed by atoms with van der Waals surface area (Å²) in [6.45, 7) is 4.67. The van der Waals surface area contributed by atoms with Crippen LogP contribution in [0.1, 0.15) is 258 Å². The number of carbonyl (C=O) groups excluding carboxylic acids is 3. The zero-order chi connectivity index (χ0) is 47.7. The summed E-state index contributed by atoms with van der Waals surface area (Å²) in [5.41, 5.74) is 0. The molecule has 0 aliphatic carbocycles. The number of aliphatic carboxylic acids is 1. The van der Waals surface area contributed by atoms with Crippen LogP contribution in [0.4, 0.5) is 0 Å². The van der Waals surface area contributed by atoms with Crippen LogP contribution in [-0.2, 0) is 28.6 Å². The maximum atomic E-state index is 12.8. The molecule has 0 heterocycles. The fourth-order valence-corrected chi connectivity index (χ4v) is 8.26. The molecule has 0 spiro atoms. The van der Waals surface area contributed by atoms with Gasteiger partial charge in [-0.1, -0.05) is 224 Å². The van der Waals surface area contributed by atoms with Crippen LogP contribution in [0.15, 0.2) is 36.5 Å². The topological polar surface area (TPSA) is 102 Å². The van der Waals surface area contributed by atoms with E-state index in [4.69, 9.17) is 14.2 Å². The van der Waals surface area contributed by atoms with E-state index in [9.17, 15) is 19.5 Å². The van der Waals surface area contributed by atoms with E-state index >= 15 is 0 Å². The van der Waals surface area contributed by atoms with Crippen LogP contribution in [0, 0.1) is 0 Å². The summed E-state index contributed by atoms with van der Waals surface area (Å²) >= 11 is 0. The number of rotatable bonds is 50. The van der Waals surface area contributed by atoms with Crippen LogP contribution in [0.2, 0.25) is 0 Å². The van der Waals surface area contributed by atoms with Crippen molar-refractivity contribution in [2.45, 2.75) is 270 Å². The lowest BCUT2D eigenvalue weighted by Gasteiger charge is -2.34. The highest BCUT2D eigenvalue weighted by Crippen LogP contribution is 2.17. The second kappa shape index (κ2) is 48.0. The SMILES string of the molecule is CCCCC/C=C/C/C=C/C/C=C/CCCCCCCCCCCC(=O)OCC(COCCC(C(=O)[O-])[N+](C)(C)C)OC(=O)CCCCCCCCCCCCCCCCCCCCC. The molecule has 0 rings (SSSR count). The van der Waals surface area contributed by atoms with Crippen molar-refractivity contribution in [2.24, 2.45) is 0 Å². The molecule has 0 saturated heterocycles. The molecule has 8 heteroatoms. The van der Waals surface area contributed by atoms with Gasteiger partial charge in [0.1, 0.15) is 12.6 Å². The van der Waals surface area contributed by atoms with Gasteiger partial charge in [-0.25, -0.2) is 0 Å². The first-order valence-corrected chi connectivity index (χ1v) is 27.5. The van der Waals surface area contributed by atoms with E-state index in [-0.39, 0.29) is 42.7 Å². The van der Waals surface area contributed by atoms with Gasteiger partial charge in [-0.15, -0.1) is 0 Å². The standard InChI is InChI=1S/C57H105NO7/c1-6-8-10-12-14-16-18-20-22-24-26-27-28-30-31-33-35-37-39-41-43-45-47-55(59)64-52-53(51-63-50-49-54(57(61)62)58(3,4)5)65-56(60)48-46-44-42-40-38-36-34-32-29-25-23-21-19-17-15-13-11-9-7-2/h14,16,20,22,26-27,53-54H,6-13,15,17-19,21,23-25,28-52H2,1-5H3/b16-14+,22-20+,27-26+. The zero-order valence-corrected chi connectivity index (χ0v) is 43.4. The van der Waals surface area contributed by atoms with E-state index in [1.807, 2.05) is 21.1 Å². The first-order chi connectivity index (χ1) is 31.6. The van der Waals surface area contributed by atoms with Gasteiger partial charge in [-0.2, -0.15) is 0 Å². The predicted molar refractivity (Wildman–Crippen MR) is 273 cm³/mol. The molecular weight excluding hydrogens is 811 g/mol. The summed E-state index contributed by atoms with van der Waals surface area (Å²) in [5.74, 6) is -1.72. The largest absolute Gasteiger partial charge is 0.544 e. The van der Waals surface area contributed by atoms with Gasteiger partial charge >= 0.3 is 11.9 Å². The quantitative estimate of drug-likeness (QED) is 0.0259. The molecule has 0 N–H and O–H groups in total. The summed E-state index contributed by atoms with van der Waals surface area (Å²) < 4.78 is 17.3. The molecule has 65 heavy (non-hydrogen) atoms. The molecule has 0 fully saturated rings. The van der Waals surface area contributed by atoms with Crippen LogP contribution < -0.4 is 5.11 Å². The average molecular weight is 916 g/mol. The number of quaternary nitrogens is 1. The number of ether oxygens (including phenoxy) is 3. The molecule has 380 valence electrons. The van der Waals surface area contributed by atoms with Gasteiger partial charge in [0.05, 0.1) is 40.3 Å². The van der Waals surface area contributed by atoms with Crippen LogP contribution in [0.3, 0.4) is 0 Å². The number of carbonyl (C=O) groups is 3. The molecule has 0 aromatic carbocycles. The number of likely N-dealkylation sites (N-methyl/N-ethyl adjacent to an activating group) is 1. The van der Waals surface area contributed by atoms with Crippen LogP contribution in [0.5, 0.6) is 0 Å². The van der Waals surface area contributed by atoms with Crippen molar-refractivity contribution in [1.82, 2.24) is 0 Å². The zero-order valence-electron chi connectivity index (χ0n) is 43.4. The third-order valence-corrected chi connectivity index (χ3v) is 12.5. The minimum absolute atomic E-state index is 0.0427. The van der Waals surface area contributed by atoms with Crippen molar-refractivity contribution in [3.63, 3.8) is 0 Å². The highest BCUT2D eigenvalue weighted by molar-refractivity contribution is 5.70. The number of esters is 2. The Hall–Kier alpha value is -2.45. The van der Waals surface area contributed by atoms with Crippen LogP contribution in [0.25, 0.3) is 0 Å². The Balaban J connectivity index is 4.19. The fraction of sp³-hybridized carbons (Fsp3) is 0.842. The van der Waals surface area contributed by atoms with Crippen molar-refractivity contribution < 1.29 is 38.2 Å². The smallest absolute Gasteiger partial charge is 0.306 e. The first kappa shape index (κ1) is 62.5. The summed E-state index contributed by atoms with van der Waals surface area (Å²) in [6, 6.07) is -0.726. The molecule has 0 aromatic heterocycles. The third-order valence-electron chi connectivity index (χ3n) is 12.5. The monoisotopic (exact) mass is 916 g/mol. The minimum atomic E-state index is -1.12. The van der Waals surface area contributed by atoms with Gasteiger partial charge in [0, 0.05) is 19.3 Å². The molecule has 2 unspecified atom stereocenters. The Bertz CT molecular complexity index is 1160. The van der Waals surface area contributed by atoms with Gasteiger partial charge in [-0.3, -0.25) is 9.59 Å².